The zero-order valence-corrected chi connectivity index (χ0v) is 12.1. The van der Waals surface area contributed by atoms with Crippen LogP contribution in [0.3, 0.4) is 0 Å². The summed E-state index contributed by atoms with van der Waals surface area (Å²) in [5, 5.41) is 3.38. The molecule has 1 aromatic carbocycles. The maximum absolute atomic E-state index is 6.12. The van der Waals surface area contributed by atoms with Crippen LogP contribution in [-0.4, -0.2) is 19.2 Å². The van der Waals surface area contributed by atoms with Gasteiger partial charge in [0.05, 0.1) is 0 Å². The fourth-order valence-electron chi connectivity index (χ4n) is 2.18. The Morgan fingerprint density at radius 3 is 2.88 bits per heavy atom. The van der Waals surface area contributed by atoms with Crippen molar-refractivity contribution in [1.29, 1.82) is 0 Å². The second-order valence-electron chi connectivity index (χ2n) is 4.92. The van der Waals surface area contributed by atoms with Crippen molar-refractivity contribution in [3.8, 4) is 5.75 Å². The first kappa shape index (κ1) is 12.9. The maximum Gasteiger partial charge on any atom is 0.123 e. The molecule has 1 aliphatic heterocycles. The van der Waals surface area contributed by atoms with E-state index in [9.17, 15) is 0 Å². The molecular formula is C14H20BrNO. The third kappa shape index (κ3) is 3.46. The average Bonchev–Trinajstić information content (AvgIpc) is 2.32. The molecule has 1 aromatic rings. The molecule has 0 radical (unpaired) electrons. The summed E-state index contributed by atoms with van der Waals surface area (Å²) in [5.41, 5.74) is 1.28. The van der Waals surface area contributed by atoms with Crippen molar-refractivity contribution in [3.05, 3.63) is 28.2 Å². The van der Waals surface area contributed by atoms with Gasteiger partial charge >= 0.3 is 0 Å². The van der Waals surface area contributed by atoms with Crippen LogP contribution in [0.15, 0.2) is 22.7 Å². The Morgan fingerprint density at radius 1 is 1.41 bits per heavy atom. The van der Waals surface area contributed by atoms with Gasteiger partial charge in [-0.2, -0.15) is 0 Å². The number of hydrogen-bond acceptors (Lipinski definition) is 2. The molecule has 2 rings (SSSR count). The van der Waals surface area contributed by atoms with E-state index in [-0.39, 0.29) is 0 Å². The summed E-state index contributed by atoms with van der Waals surface area (Å²) in [7, 11) is 0. The van der Waals surface area contributed by atoms with Gasteiger partial charge in [-0.15, -0.1) is 0 Å². The van der Waals surface area contributed by atoms with Crippen molar-refractivity contribution >= 4 is 15.9 Å². The van der Waals surface area contributed by atoms with Crippen LogP contribution < -0.4 is 10.1 Å². The minimum absolute atomic E-state index is 0.322. The van der Waals surface area contributed by atoms with E-state index >= 15 is 0 Å². The Balaban J connectivity index is 2.13. The van der Waals surface area contributed by atoms with Gasteiger partial charge in [-0.1, -0.05) is 29.8 Å². The SMILES string of the molecule is CC(C)c1cc(Br)ccc1O[C@@H]1CCCNC1. The Labute approximate surface area is 112 Å². The van der Waals surface area contributed by atoms with E-state index in [4.69, 9.17) is 4.74 Å². The lowest BCUT2D eigenvalue weighted by Gasteiger charge is -2.26. The normalized spacial score (nSPS) is 20.6. The molecule has 0 saturated carbocycles. The molecule has 1 heterocycles. The predicted molar refractivity (Wildman–Crippen MR) is 74.8 cm³/mol. The van der Waals surface area contributed by atoms with E-state index < -0.39 is 0 Å². The topological polar surface area (TPSA) is 21.3 Å². The van der Waals surface area contributed by atoms with Gasteiger partial charge in [0, 0.05) is 11.0 Å². The summed E-state index contributed by atoms with van der Waals surface area (Å²) in [4.78, 5) is 0. The third-order valence-corrected chi connectivity index (χ3v) is 3.63. The van der Waals surface area contributed by atoms with Crippen molar-refractivity contribution in [1.82, 2.24) is 5.32 Å². The van der Waals surface area contributed by atoms with Gasteiger partial charge in [-0.3, -0.25) is 0 Å². The molecule has 1 aliphatic rings. The Hall–Kier alpha value is -0.540. The maximum atomic E-state index is 6.12. The lowest BCUT2D eigenvalue weighted by Crippen LogP contribution is -2.37. The van der Waals surface area contributed by atoms with E-state index in [1.54, 1.807) is 0 Å². The smallest absolute Gasteiger partial charge is 0.123 e. The molecule has 17 heavy (non-hydrogen) atoms. The van der Waals surface area contributed by atoms with Crippen molar-refractivity contribution < 1.29 is 4.74 Å². The largest absolute Gasteiger partial charge is 0.489 e. The summed E-state index contributed by atoms with van der Waals surface area (Å²) < 4.78 is 7.24. The minimum Gasteiger partial charge on any atom is -0.489 e. The lowest BCUT2D eigenvalue weighted by molar-refractivity contribution is 0.165. The first-order chi connectivity index (χ1) is 8.16. The fraction of sp³-hybridized carbons (Fsp3) is 0.571. The van der Waals surface area contributed by atoms with Gasteiger partial charge in [0.1, 0.15) is 11.9 Å². The molecule has 3 heteroatoms. The monoisotopic (exact) mass is 297 g/mol. The fourth-order valence-corrected chi connectivity index (χ4v) is 2.56. The molecule has 2 nitrogen and oxygen atoms in total. The molecule has 0 bridgehead atoms. The molecular weight excluding hydrogens is 278 g/mol. The van der Waals surface area contributed by atoms with Crippen molar-refractivity contribution in [2.24, 2.45) is 0 Å². The summed E-state index contributed by atoms with van der Waals surface area (Å²) in [6.45, 7) is 6.49. The number of hydrogen-bond donors (Lipinski definition) is 1. The van der Waals surface area contributed by atoms with Crippen LogP contribution in [0.2, 0.25) is 0 Å². The minimum atomic E-state index is 0.322. The summed E-state index contributed by atoms with van der Waals surface area (Å²) in [6.07, 6.45) is 2.68. The first-order valence-electron chi connectivity index (χ1n) is 6.33. The number of piperidine rings is 1. The molecule has 0 spiro atoms. The Bertz CT molecular complexity index is 372. The Morgan fingerprint density at radius 2 is 2.24 bits per heavy atom. The van der Waals surface area contributed by atoms with E-state index in [1.165, 1.54) is 12.0 Å². The summed E-state index contributed by atoms with van der Waals surface area (Å²) >= 11 is 3.52. The van der Waals surface area contributed by atoms with E-state index in [0.717, 1.165) is 29.7 Å². The average molecular weight is 298 g/mol. The molecule has 1 N–H and O–H groups in total. The van der Waals surface area contributed by atoms with E-state index in [2.05, 4.69) is 53.3 Å². The van der Waals surface area contributed by atoms with E-state index in [1.807, 2.05) is 0 Å². The molecule has 1 fully saturated rings. The highest BCUT2D eigenvalue weighted by atomic mass is 79.9. The Kier molecular flexibility index (Phi) is 4.46. The van der Waals surface area contributed by atoms with Gasteiger partial charge in [-0.05, 0) is 49.1 Å². The van der Waals surface area contributed by atoms with Gasteiger partial charge < -0.3 is 10.1 Å². The number of halogens is 1. The number of nitrogens with one attached hydrogen (secondary N) is 1. The van der Waals surface area contributed by atoms with Crippen LogP contribution in [0.25, 0.3) is 0 Å². The second kappa shape index (κ2) is 5.87. The lowest BCUT2D eigenvalue weighted by atomic mass is 10.0. The highest BCUT2D eigenvalue weighted by Crippen LogP contribution is 2.30. The number of rotatable bonds is 3. The van der Waals surface area contributed by atoms with Crippen LogP contribution >= 0.6 is 15.9 Å². The summed E-state index contributed by atoms with van der Waals surface area (Å²) in [6, 6.07) is 6.29. The van der Waals surface area contributed by atoms with Crippen molar-refractivity contribution in [2.45, 2.75) is 38.7 Å². The standard InChI is InChI=1S/C14H20BrNO/c1-10(2)13-8-11(15)5-6-14(13)17-12-4-3-7-16-9-12/h5-6,8,10,12,16H,3-4,7,9H2,1-2H3/t12-/m1/s1. The first-order valence-corrected chi connectivity index (χ1v) is 7.13. The molecule has 0 amide bonds. The molecule has 0 aliphatic carbocycles. The zero-order valence-electron chi connectivity index (χ0n) is 10.5. The van der Waals surface area contributed by atoms with Crippen LogP contribution in [-0.2, 0) is 0 Å². The van der Waals surface area contributed by atoms with Gasteiger partial charge in [0.2, 0.25) is 0 Å². The van der Waals surface area contributed by atoms with Crippen LogP contribution in [0.1, 0.15) is 38.2 Å². The molecule has 94 valence electrons. The van der Waals surface area contributed by atoms with Crippen LogP contribution in [0, 0.1) is 0 Å². The number of ether oxygens (including phenoxy) is 1. The highest BCUT2D eigenvalue weighted by molar-refractivity contribution is 9.10. The molecule has 1 atom stereocenters. The van der Waals surface area contributed by atoms with Gasteiger partial charge in [0.25, 0.3) is 0 Å². The molecule has 1 saturated heterocycles. The van der Waals surface area contributed by atoms with Gasteiger partial charge in [0.15, 0.2) is 0 Å². The van der Waals surface area contributed by atoms with Crippen molar-refractivity contribution in [2.75, 3.05) is 13.1 Å². The van der Waals surface area contributed by atoms with Gasteiger partial charge in [-0.25, -0.2) is 0 Å². The predicted octanol–water partition coefficient (Wildman–Crippen LogP) is 3.70. The highest BCUT2D eigenvalue weighted by Gasteiger charge is 2.17. The summed E-state index contributed by atoms with van der Waals surface area (Å²) in [5.74, 6) is 1.52. The van der Waals surface area contributed by atoms with Crippen LogP contribution in [0.4, 0.5) is 0 Å². The zero-order chi connectivity index (χ0) is 12.3. The molecule has 0 aromatic heterocycles. The van der Waals surface area contributed by atoms with Crippen molar-refractivity contribution in [3.63, 3.8) is 0 Å². The quantitative estimate of drug-likeness (QED) is 0.918. The second-order valence-corrected chi connectivity index (χ2v) is 5.84. The third-order valence-electron chi connectivity index (χ3n) is 3.14. The number of benzene rings is 1. The van der Waals surface area contributed by atoms with E-state index in [0.29, 0.717) is 12.0 Å². The van der Waals surface area contributed by atoms with Crippen LogP contribution in [0.5, 0.6) is 5.75 Å². The molecule has 0 unspecified atom stereocenters.